The molecule has 0 bridgehead atoms. The number of hydrogen-bond donors (Lipinski definition) is 1. The highest BCUT2D eigenvalue weighted by Gasteiger charge is 2.22. The lowest BCUT2D eigenvalue weighted by Gasteiger charge is -2.32. The molecular formula is C12H16N2O3. The molecule has 5 heteroatoms. The number of β-amino-alcohol motifs (C(OH)–C–C–N with tert-alkyl or cyclic N) is 1. The van der Waals surface area contributed by atoms with Crippen molar-refractivity contribution in [1.29, 1.82) is 0 Å². The molecule has 5 nitrogen and oxygen atoms in total. The molecule has 92 valence electrons. The standard InChI is InChI=1S/C12H16N2O3/c1-9-11(5-2-6-12(9)14(16)17)13-7-3-4-10(15)8-13/h2,5-6,10,15H,3-4,7-8H2,1H3/t10-/m0/s1. The second kappa shape index (κ2) is 4.71. The Morgan fingerprint density at radius 2 is 2.29 bits per heavy atom. The average molecular weight is 236 g/mol. The van der Waals surface area contributed by atoms with Crippen LogP contribution in [-0.2, 0) is 0 Å². The van der Waals surface area contributed by atoms with Gasteiger partial charge in [-0.2, -0.15) is 0 Å². The van der Waals surface area contributed by atoms with E-state index in [4.69, 9.17) is 0 Å². The number of rotatable bonds is 2. The summed E-state index contributed by atoms with van der Waals surface area (Å²) in [6, 6.07) is 5.08. The molecule has 1 aliphatic heterocycles. The largest absolute Gasteiger partial charge is 0.391 e. The van der Waals surface area contributed by atoms with E-state index < -0.39 is 0 Å². The summed E-state index contributed by atoms with van der Waals surface area (Å²) in [5, 5.41) is 20.5. The van der Waals surface area contributed by atoms with Crippen molar-refractivity contribution in [2.45, 2.75) is 25.9 Å². The topological polar surface area (TPSA) is 66.6 Å². The molecule has 0 radical (unpaired) electrons. The third-order valence-corrected chi connectivity index (χ3v) is 3.21. The number of anilines is 1. The number of aliphatic hydroxyl groups excluding tert-OH is 1. The van der Waals surface area contributed by atoms with E-state index in [2.05, 4.69) is 0 Å². The molecule has 1 aromatic rings. The number of nitrogens with zero attached hydrogens (tertiary/aromatic N) is 2. The number of hydrogen-bond acceptors (Lipinski definition) is 4. The summed E-state index contributed by atoms with van der Waals surface area (Å²) in [4.78, 5) is 12.5. The van der Waals surface area contributed by atoms with Gasteiger partial charge >= 0.3 is 0 Å². The summed E-state index contributed by atoms with van der Waals surface area (Å²) in [7, 11) is 0. The first kappa shape index (κ1) is 11.9. The van der Waals surface area contributed by atoms with Crippen LogP contribution in [0.15, 0.2) is 18.2 Å². The van der Waals surface area contributed by atoms with Crippen molar-refractivity contribution in [2.24, 2.45) is 0 Å². The Bertz CT molecular complexity index is 434. The van der Waals surface area contributed by atoms with Crippen LogP contribution in [0.2, 0.25) is 0 Å². The molecule has 0 amide bonds. The molecule has 1 aromatic carbocycles. The Balaban J connectivity index is 2.32. The zero-order chi connectivity index (χ0) is 12.4. The molecule has 1 aliphatic rings. The second-order valence-corrected chi connectivity index (χ2v) is 4.42. The molecule has 1 saturated heterocycles. The van der Waals surface area contributed by atoms with Gasteiger partial charge in [0, 0.05) is 24.8 Å². The van der Waals surface area contributed by atoms with Gasteiger partial charge in [-0.1, -0.05) is 6.07 Å². The smallest absolute Gasteiger partial charge is 0.274 e. The predicted octanol–water partition coefficient (Wildman–Crippen LogP) is 1.86. The first-order valence-corrected chi connectivity index (χ1v) is 5.76. The Labute approximate surface area is 99.8 Å². The summed E-state index contributed by atoms with van der Waals surface area (Å²) in [5.74, 6) is 0. The minimum Gasteiger partial charge on any atom is -0.391 e. The van der Waals surface area contributed by atoms with Crippen LogP contribution in [0.3, 0.4) is 0 Å². The maximum atomic E-state index is 10.9. The minimum absolute atomic E-state index is 0.141. The fourth-order valence-corrected chi connectivity index (χ4v) is 2.33. The maximum Gasteiger partial charge on any atom is 0.274 e. The van der Waals surface area contributed by atoms with Crippen LogP contribution in [0, 0.1) is 17.0 Å². The molecule has 1 heterocycles. The molecule has 17 heavy (non-hydrogen) atoms. The molecular weight excluding hydrogens is 220 g/mol. The van der Waals surface area contributed by atoms with Gasteiger partial charge in [-0.3, -0.25) is 10.1 Å². The van der Waals surface area contributed by atoms with Gasteiger partial charge in [0.2, 0.25) is 0 Å². The van der Waals surface area contributed by atoms with Crippen molar-refractivity contribution in [2.75, 3.05) is 18.0 Å². The van der Waals surface area contributed by atoms with E-state index >= 15 is 0 Å². The van der Waals surface area contributed by atoms with E-state index in [1.807, 2.05) is 11.0 Å². The van der Waals surface area contributed by atoms with Crippen LogP contribution >= 0.6 is 0 Å². The van der Waals surface area contributed by atoms with Crippen LogP contribution in [0.4, 0.5) is 11.4 Å². The van der Waals surface area contributed by atoms with E-state index in [-0.39, 0.29) is 16.7 Å². The molecule has 1 fully saturated rings. The normalized spacial score (nSPS) is 20.4. The zero-order valence-electron chi connectivity index (χ0n) is 9.80. The van der Waals surface area contributed by atoms with Crippen molar-refractivity contribution in [3.63, 3.8) is 0 Å². The quantitative estimate of drug-likeness (QED) is 0.628. The SMILES string of the molecule is Cc1c(N2CCC[C@H](O)C2)cccc1[N+](=O)[O-]. The lowest BCUT2D eigenvalue weighted by atomic mass is 10.0. The molecule has 1 atom stereocenters. The Morgan fingerprint density at radius 3 is 2.94 bits per heavy atom. The number of nitro groups is 1. The van der Waals surface area contributed by atoms with Gasteiger partial charge in [-0.25, -0.2) is 0 Å². The maximum absolute atomic E-state index is 10.9. The summed E-state index contributed by atoms with van der Waals surface area (Å²) >= 11 is 0. The molecule has 0 saturated carbocycles. The third-order valence-electron chi connectivity index (χ3n) is 3.21. The van der Waals surface area contributed by atoms with Gasteiger partial charge in [-0.15, -0.1) is 0 Å². The Kier molecular flexibility index (Phi) is 3.28. The molecule has 1 N–H and O–H groups in total. The van der Waals surface area contributed by atoms with Gasteiger partial charge < -0.3 is 10.0 Å². The highest BCUT2D eigenvalue weighted by molar-refractivity contribution is 5.61. The number of aliphatic hydroxyl groups is 1. The van der Waals surface area contributed by atoms with Crippen LogP contribution in [-0.4, -0.2) is 29.2 Å². The number of benzene rings is 1. The van der Waals surface area contributed by atoms with E-state index in [1.165, 1.54) is 6.07 Å². The first-order valence-electron chi connectivity index (χ1n) is 5.76. The molecule has 0 unspecified atom stereocenters. The summed E-state index contributed by atoms with van der Waals surface area (Å²) in [5.41, 5.74) is 1.67. The molecule has 0 aliphatic carbocycles. The van der Waals surface area contributed by atoms with Gasteiger partial charge in [0.25, 0.3) is 5.69 Å². The summed E-state index contributed by atoms with van der Waals surface area (Å²) < 4.78 is 0. The van der Waals surface area contributed by atoms with Crippen LogP contribution < -0.4 is 4.90 Å². The lowest BCUT2D eigenvalue weighted by molar-refractivity contribution is -0.385. The van der Waals surface area contributed by atoms with Crippen molar-refractivity contribution in [1.82, 2.24) is 0 Å². The first-order chi connectivity index (χ1) is 8.09. The van der Waals surface area contributed by atoms with E-state index in [0.29, 0.717) is 12.1 Å². The zero-order valence-corrected chi connectivity index (χ0v) is 9.80. The fourth-order valence-electron chi connectivity index (χ4n) is 2.33. The molecule has 0 aromatic heterocycles. The third kappa shape index (κ3) is 2.39. The summed E-state index contributed by atoms with van der Waals surface area (Å²) in [6.07, 6.45) is 1.40. The summed E-state index contributed by atoms with van der Waals surface area (Å²) in [6.45, 7) is 3.16. The van der Waals surface area contributed by atoms with Gasteiger partial charge in [0.1, 0.15) is 0 Å². The van der Waals surface area contributed by atoms with E-state index in [0.717, 1.165) is 25.1 Å². The molecule has 0 spiro atoms. The predicted molar refractivity (Wildman–Crippen MR) is 65.3 cm³/mol. The average Bonchev–Trinajstić information content (AvgIpc) is 2.29. The van der Waals surface area contributed by atoms with E-state index in [9.17, 15) is 15.2 Å². The highest BCUT2D eigenvalue weighted by atomic mass is 16.6. The lowest BCUT2D eigenvalue weighted by Crippen LogP contribution is -2.38. The number of nitro benzene ring substituents is 1. The highest BCUT2D eigenvalue weighted by Crippen LogP contribution is 2.29. The Hall–Kier alpha value is -1.62. The fraction of sp³-hybridized carbons (Fsp3) is 0.500. The van der Waals surface area contributed by atoms with Gasteiger partial charge in [0.15, 0.2) is 0 Å². The Morgan fingerprint density at radius 1 is 1.53 bits per heavy atom. The monoisotopic (exact) mass is 236 g/mol. The molecule has 2 rings (SSSR count). The van der Waals surface area contributed by atoms with Crippen molar-refractivity contribution in [3.8, 4) is 0 Å². The van der Waals surface area contributed by atoms with Gasteiger partial charge in [-0.05, 0) is 25.8 Å². The van der Waals surface area contributed by atoms with Crippen LogP contribution in [0.1, 0.15) is 18.4 Å². The van der Waals surface area contributed by atoms with Crippen molar-refractivity contribution >= 4 is 11.4 Å². The van der Waals surface area contributed by atoms with Crippen LogP contribution in [0.5, 0.6) is 0 Å². The van der Waals surface area contributed by atoms with Crippen LogP contribution in [0.25, 0.3) is 0 Å². The number of piperidine rings is 1. The van der Waals surface area contributed by atoms with Crippen molar-refractivity contribution in [3.05, 3.63) is 33.9 Å². The minimum atomic E-state index is -0.362. The second-order valence-electron chi connectivity index (χ2n) is 4.42. The van der Waals surface area contributed by atoms with E-state index in [1.54, 1.807) is 13.0 Å². The van der Waals surface area contributed by atoms with Crippen molar-refractivity contribution < 1.29 is 10.0 Å². The van der Waals surface area contributed by atoms with Gasteiger partial charge in [0.05, 0.1) is 16.6 Å².